The van der Waals surface area contributed by atoms with E-state index in [9.17, 15) is 0 Å². The third kappa shape index (κ3) is 4.94. The standard InChI is InChI=1S/C19H30O/c1-3-4-5-6-7-8-19-14-13-18(15-20-19)17-11-9-16(2)10-12-17/h9-12,18-19H,3-8,13-15H2,1-2H3. The van der Waals surface area contributed by atoms with Crippen LogP contribution in [0.4, 0.5) is 0 Å². The molecule has 0 aromatic heterocycles. The molecule has 2 atom stereocenters. The summed E-state index contributed by atoms with van der Waals surface area (Å²) in [4.78, 5) is 0. The minimum absolute atomic E-state index is 0.526. The van der Waals surface area contributed by atoms with Crippen LogP contribution in [0.1, 0.15) is 75.3 Å². The fourth-order valence-electron chi connectivity index (χ4n) is 3.11. The molecule has 0 spiro atoms. The fraction of sp³-hybridized carbons (Fsp3) is 0.684. The highest BCUT2D eigenvalue weighted by Gasteiger charge is 2.22. The van der Waals surface area contributed by atoms with Crippen molar-refractivity contribution in [2.45, 2.75) is 77.2 Å². The molecular formula is C19H30O. The van der Waals surface area contributed by atoms with E-state index in [4.69, 9.17) is 4.74 Å². The summed E-state index contributed by atoms with van der Waals surface area (Å²) in [7, 11) is 0. The Labute approximate surface area is 124 Å². The van der Waals surface area contributed by atoms with Gasteiger partial charge in [-0.05, 0) is 31.7 Å². The van der Waals surface area contributed by atoms with E-state index >= 15 is 0 Å². The van der Waals surface area contributed by atoms with Crippen molar-refractivity contribution in [1.82, 2.24) is 0 Å². The van der Waals surface area contributed by atoms with Crippen LogP contribution in [0.3, 0.4) is 0 Å². The Morgan fingerprint density at radius 2 is 1.75 bits per heavy atom. The molecule has 1 aliphatic heterocycles. The second kappa shape index (κ2) is 8.46. The summed E-state index contributed by atoms with van der Waals surface area (Å²) < 4.78 is 6.08. The lowest BCUT2D eigenvalue weighted by Crippen LogP contribution is -2.24. The molecule has 1 aromatic rings. The zero-order chi connectivity index (χ0) is 14.2. The van der Waals surface area contributed by atoms with Crippen LogP contribution in [0.2, 0.25) is 0 Å². The summed E-state index contributed by atoms with van der Waals surface area (Å²) in [5, 5.41) is 0. The van der Waals surface area contributed by atoms with Gasteiger partial charge in [0.15, 0.2) is 0 Å². The van der Waals surface area contributed by atoms with E-state index in [1.165, 1.54) is 62.5 Å². The molecule has 20 heavy (non-hydrogen) atoms. The van der Waals surface area contributed by atoms with Crippen molar-refractivity contribution < 1.29 is 4.74 Å². The lowest BCUT2D eigenvalue weighted by molar-refractivity contribution is -0.00213. The molecule has 0 saturated carbocycles. The molecule has 0 aliphatic carbocycles. The van der Waals surface area contributed by atoms with Gasteiger partial charge in [0, 0.05) is 5.92 Å². The van der Waals surface area contributed by atoms with Crippen molar-refractivity contribution in [3.05, 3.63) is 35.4 Å². The number of aryl methyl sites for hydroxylation is 1. The lowest BCUT2D eigenvalue weighted by Gasteiger charge is -2.29. The van der Waals surface area contributed by atoms with Crippen LogP contribution < -0.4 is 0 Å². The number of hydrogen-bond acceptors (Lipinski definition) is 1. The smallest absolute Gasteiger partial charge is 0.0575 e. The van der Waals surface area contributed by atoms with Crippen molar-refractivity contribution in [3.8, 4) is 0 Å². The largest absolute Gasteiger partial charge is 0.378 e. The van der Waals surface area contributed by atoms with Crippen LogP contribution in [0, 0.1) is 6.92 Å². The van der Waals surface area contributed by atoms with Gasteiger partial charge in [0.05, 0.1) is 12.7 Å². The van der Waals surface area contributed by atoms with Gasteiger partial charge in [0.25, 0.3) is 0 Å². The normalized spacial score (nSPS) is 22.9. The summed E-state index contributed by atoms with van der Waals surface area (Å²) in [5.41, 5.74) is 2.80. The van der Waals surface area contributed by atoms with Crippen molar-refractivity contribution in [2.75, 3.05) is 6.61 Å². The van der Waals surface area contributed by atoms with Gasteiger partial charge in [-0.2, -0.15) is 0 Å². The Hall–Kier alpha value is -0.820. The molecule has 112 valence electrons. The summed E-state index contributed by atoms with van der Waals surface area (Å²) in [6.45, 7) is 5.34. The molecule has 1 nitrogen and oxygen atoms in total. The van der Waals surface area contributed by atoms with Gasteiger partial charge in [-0.1, -0.05) is 68.9 Å². The summed E-state index contributed by atoms with van der Waals surface area (Å²) in [5.74, 6) is 0.618. The Kier molecular flexibility index (Phi) is 6.59. The van der Waals surface area contributed by atoms with Gasteiger partial charge in [0.2, 0.25) is 0 Å². The highest BCUT2D eigenvalue weighted by Crippen LogP contribution is 2.30. The van der Waals surface area contributed by atoms with Crippen LogP contribution in [-0.2, 0) is 4.74 Å². The lowest BCUT2D eigenvalue weighted by atomic mass is 9.90. The van der Waals surface area contributed by atoms with Crippen molar-refractivity contribution >= 4 is 0 Å². The Morgan fingerprint density at radius 3 is 2.40 bits per heavy atom. The minimum Gasteiger partial charge on any atom is -0.378 e. The molecular weight excluding hydrogens is 244 g/mol. The van der Waals surface area contributed by atoms with Crippen molar-refractivity contribution in [2.24, 2.45) is 0 Å². The maximum Gasteiger partial charge on any atom is 0.0575 e. The zero-order valence-corrected chi connectivity index (χ0v) is 13.2. The number of ether oxygens (including phenoxy) is 1. The first kappa shape index (κ1) is 15.6. The van der Waals surface area contributed by atoms with Gasteiger partial charge in [-0.15, -0.1) is 0 Å². The van der Waals surface area contributed by atoms with E-state index in [0.29, 0.717) is 12.0 Å². The topological polar surface area (TPSA) is 9.23 Å². The maximum absolute atomic E-state index is 6.08. The molecule has 1 heterocycles. The molecule has 2 rings (SSSR count). The van der Waals surface area contributed by atoms with Gasteiger partial charge in [-0.3, -0.25) is 0 Å². The number of hydrogen-bond donors (Lipinski definition) is 0. The molecule has 2 unspecified atom stereocenters. The third-order valence-corrected chi connectivity index (χ3v) is 4.55. The summed E-state index contributed by atoms with van der Waals surface area (Å²) in [6.07, 6.45) is 11.2. The van der Waals surface area contributed by atoms with E-state index in [1.807, 2.05) is 0 Å². The highest BCUT2D eigenvalue weighted by molar-refractivity contribution is 5.24. The van der Waals surface area contributed by atoms with E-state index < -0.39 is 0 Å². The van der Waals surface area contributed by atoms with Crippen LogP contribution >= 0.6 is 0 Å². The van der Waals surface area contributed by atoms with Gasteiger partial charge < -0.3 is 4.74 Å². The molecule has 1 aromatic carbocycles. The quantitative estimate of drug-likeness (QED) is 0.586. The minimum atomic E-state index is 0.526. The Morgan fingerprint density at radius 1 is 1.00 bits per heavy atom. The van der Waals surface area contributed by atoms with Crippen LogP contribution in [0.15, 0.2) is 24.3 Å². The maximum atomic E-state index is 6.08. The van der Waals surface area contributed by atoms with Crippen LogP contribution in [0.25, 0.3) is 0 Å². The Balaban J connectivity index is 1.66. The molecule has 0 radical (unpaired) electrons. The number of rotatable bonds is 7. The fourth-order valence-corrected chi connectivity index (χ4v) is 3.11. The number of unbranched alkanes of at least 4 members (excludes halogenated alkanes) is 4. The second-order valence-corrected chi connectivity index (χ2v) is 6.34. The van der Waals surface area contributed by atoms with E-state index in [2.05, 4.69) is 38.1 Å². The Bertz CT molecular complexity index is 360. The molecule has 0 N–H and O–H groups in total. The first-order chi connectivity index (χ1) is 9.79. The van der Waals surface area contributed by atoms with Gasteiger partial charge in [0.1, 0.15) is 0 Å². The summed E-state index contributed by atoms with van der Waals surface area (Å²) >= 11 is 0. The predicted octanol–water partition coefficient (Wildman–Crippen LogP) is 5.62. The first-order valence-corrected chi connectivity index (χ1v) is 8.47. The van der Waals surface area contributed by atoms with Crippen molar-refractivity contribution in [1.29, 1.82) is 0 Å². The SMILES string of the molecule is CCCCCCCC1CCC(c2ccc(C)cc2)CO1. The average molecular weight is 274 g/mol. The molecule has 1 heteroatoms. The molecule has 0 amide bonds. The van der Waals surface area contributed by atoms with Crippen LogP contribution in [0.5, 0.6) is 0 Å². The van der Waals surface area contributed by atoms with E-state index in [0.717, 1.165) is 6.61 Å². The average Bonchev–Trinajstić information content (AvgIpc) is 2.49. The molecule has 1 saturated heterocycles. The zero-order valence-electron chi connectivity index (χ0n) is 13.2. The van der Waals surface area contributed by atoms with Crippen molar-refractivity contribution in [3.63, 3.8) is 0 Å². The second-order valence-electron chi connectivity index (χ2n) is 6.34. The van der Waals surface area contributed by atoms with E-state index in [-0.39, 0.29) is 0 Å². The van der Waals surface area contributed by atoms with E-state index in [1.54, 1.807) is 0 Å². The van der Waals surface area contributed by atoms with Gasteiger partial charge in [-0.25, -0.2) is 0 Å². The predicted molar refractivity (Wildman–Crippen MR) is 86.3 cm³/mol. The molecule has 1 fully saturated rings. The monoisotopic (exact) mass is 274 g/mol. The molecule has 0 bridgehead atoms. The summed E-state index contributed by atoms with van der Waals surface area (Å²) in [6, 6.07) is 8.98. The first-order valence-electron chi connectivity index (χ1n) is 8.47. The third-order valence-electron chi connectivity index (χ3n) is 4.55. The van der Waals surface area contributed by atoms with Gasteiger partial charge >= 0.3 is 0 Å². The van der Waals surface area contributed by atoms with Crippen LogP contribution in [-0.4, -0.2) is 12.7 Å². The highest BCUT2D eigenvalue weighted by atomic mass is 16.5. The number of benzene rings is 1. The molecule has 1 aliphatic rings.